The molecule has 38 heavy (non-hydrogen) atoms. The van der Waals surface area contributed by atoms with Crippen molar-refractivity contribution in [2.45, 2.75) is 6.61 Å². The Morgan fingerprint density at radius 1 is 0.763 bits per heavy atom. The maximum absolute atomic E-state index is 14.3. The van der Waals surface area contributed by atoms with Crippen molar-refractivity contribution in [3.05, 3.63) is 149 Å². The van der Waals surface area contributed by atoms with Crippen molar-refractivity contribution in [3.63, 3.8) is 0 Å². The van der Waals surface area contributed by atoms with Gasteiger partial charge in [0.1, 0.15) is 23.9 Å². The summed E-state index contributed by atoms with van der Waals surface area (Å²) in [5.74, 6) is -0.00275. The van der Waals surface area contributed by atoms with E-state index in [0.717, 1.165) is 21.9 Å². The van der Waals surface area contributed by atoms with E-state index < -0.39 is 0 Å². The Hall–Kier alpha value is -5.03. The van der Waals surface area contributed by atoms with Gasteiger partial charge in [0.2, 0.25) is 0 Å². The van der Waals surface area contributed by atoms with Crippen LogP contribution < -0.4 is 9.75 Å². The highest BCUT2D eigenvalue weighted by atomic mass is 19.1. The van der Waals surface area contributed by atoms with Crippen LogP contribution in [0.1, 0.15) is 16.7 Å². The van der Waals surface area contributed by atoms with Crippen molar-refractivity contribution in [2.24, 2.45) is 5.10 Å². The van der Waals surface area contributed by atoms with Gasteiger partial charge in [-0.2, -0.15) is 10.1 Å². The third kappa shape index (κ3) is 4.46. The van der Waals surface area contributed by atoms with Gasteiger partial charge in [0.05, 0.1) is 11.3 Å². The molecule has 5 aromatic carbocycles. The second kappa shape index (κ2) is 10.1. The first kappa shape index (κ1) is 23.4. The molecule has 0 aliphatic carbocycles. The summed E-state index contributed by atoms with van der Waals surface area (Å²) in [7, 11) is 0. The summed E-state index contributed by atoms with van der Waals surface area (Å²) in [6, 6.07) is 37.3. The maximum Gasteiger partial charge on any atom is 0.281 e. The van der Waals surface area contributed by atoms with Crippen molar-refractivity contribution in [3.8, 4) is 5.75 Å². The zero-order chi connectivity index (χ0) is 25.9. The molecule has 0 saturated heterocycles. The minimum Gasteiger partial charge on any atom is -0.488 e. The fourth-order valence-corrected chi connectivity index (χ4v) is 4.56. The molecular weight excluding hydrogens is 475 g/mol. The summed E-state index contributed by atoms with van der Waals surface area (Å²) < 4.78 is 20.5. The van der Waals surface area contributed by atoms with Crippen LogP contribution in [0.25, 0.3) is 16.8 Å². The van der Waals surface area contributed by atoms with Crippen molar-refractivity contribution >= 4 is 34.2 Å². The molecule has 5 heteroatoms. The van der Waals surface area contributed by atoms with Gasteiger partial charge in [-0.25, -0.2) is 4.39 Å². The molecule has 1 aliphatic rings. The normalized spacial score (nSPS) is 14.2. The number of carbonyl (C=O) groups excluding carboxylic acids is 1. The third-order valence-corrected chi connectivity index (χ3v) is 6.49. The number of carbonyl (C=O) groups is 1. The number of hydrazone groups is 1. The van der Waals surface area contributed by atoms with Gasteiger partial charge >= 0.3 is 0 Å². The molecule has 0 fully saturated rings. The van der Waals surface area contributed by atoms with Gasteiger partial charge < -0.3 is 4.74 Å². The number of para-hydroxylation sites is 1. The molecule has 4 nitrogen and oxygen atoms in total. The second-order valence-electron chi connectivity index (χ2n) is 8.90. The quantitative estimate of drug-likeness (QED) is 0.229. The Kier molecular flexibility index (Phi) is 6.24. The number of ether oxygens (including phenoxy) is 1. The smallest absolute Gasteiger partial charge is 0.281 e. The van der Waals surface area contributed by atoms with Crippen LogP contribution in [-0.4, -0.2) is 11.6 Å². The van der Waals surface area contributed by atoms with Gasteiger partial charge in [0.15, 0.2) is 0 Å². The number of amides is 1. The Balaban J connectivity index is 1.49. The number of anilines is 1. The van der Waals surface area contributed by atoms with Crippen LogP contribution in [-0.2, 0) is 11.4 Å². The molecule has 0 spiro atoms. The van der Waals surface area contributed by atoms with Gasteiger partial charge in [-0.3, -0.25) is 4.79 Å². The zero-order valence-corrected chi connectivity index (χ0v) is 20.4. The lowest BCUT2D eigenvalue weighted by Gasteiger charge is -2.14. The van der Waals surface area contributed by atoms with Crippen molar-refractivity contribution in [2.75, 3.05) is 5.01 Å². The van der Waals surface area contributed by atoms with Crippen LogP contribution in [0.5, 0.6) is 5.75 Å². The molecular formula is C33H23FN2O2. The van der Waals surface area contributed by atoms with Gasteiger partial charge in [-0.05, 0) is 41.1 Å². The Morgan fingerprint density at radius 3 is 2.24 bits per heavy atom. The number of hydrogen-bond acceptors (Lipinski definition) is 3. The highest BCUT2D eigenvalue weighted by molar-refractivity contribution is 6.37. The van der Waals surface area contributed by atoms with Gasteiger partial charge in [0, 0.05) is 16.7 Å². The van der Waals surface area contributed by atoms with Gasteiger partial charge in [-0.1, -0.05) is 97.1 Å². The first-order chi connectivity index (χ1) is 18.7. The van der Waals surface area contributed by atoms with E-state index in [2.05, 4.69) is 0 Å². The van der Waals surface area contributed by atoms with E-state index in [4.69, 9.17) is 9.84 Å². The lowest BCUT2D eigenvalue weighted by atomic mass is 9.97. The van der Waals surface area contributed by atoms with E-state index in [1.807, 2.05) is 103 Å². The van der Waals surface area contributed by atoms with Crippen LogP contribution >= 0.6 is 0 Å². The van der Waals surface area contributed by atoms with E-state index in [1.165, 1.54) is 11.1 Å². The summed E-state index contributed by atoms with van der Waals surface area (Å²) in [5, 5.41) is 8.10. The van der Waals surface area contributed by atoms with Crippen LogP contribution in [0.15, 0.2) is 132 Å². The number of fused-ring (bicyclic) bond motifs is 1. The lowest BCUT2D eigenvalue weighted by molar-refractivity contribution is -0.114. The summed E-state index contributed by atoms with van der Waals surface area (Å²) in [6.45, 7) is 0.0604. The molecule has 0 radical (unpaired) electrons. The maximum atomic E-state index is 14.3. The number of nitrogens with zero attached hydrogens (tertiary/aromatic N) is 2. The molecule has 0 unspecified atom stereocenters. The van der Waals surface area contributed by atoms with Crippen molar-refractivity contribution < 1.29 is 13.9 Å². The summed E-state index contributed by atoms with van der Waals surface area (Å²) in [4.78, 5) is 13.8. The molecule has 0 atom stereocenters. The number of rotatable bonds is 6. The predicted molar refractivity (Wildman–Crippen MR) is 150 cm³/mol. The molecule has 1 aliphatic heterocycles. The summed E-state index contributed by atoms with van der Waals surface area (Å²) in [5.41, 5.74) is 3.74. The SMILES string of the molecule is O=C1/C(=C\c2c(OCc3ccccc3F)ccc3ccccc23)C(c2ccccc2)=NN1c1ccccc1. The van der Waals surface area contributed by atoms with E-state index >= 15 is 0 Å². The lowest BCUT2D eigenvalue weighted by Crippen LogP contribution is -2.21. The van der Waals surface area contributed by atoms with E-state index in [-0.39, 0.29) is 18.3 Å². The average Bonchev–Trinajstić information content (AvgIpc) is 3.30. The minimum atomic E-state index is -0.323. The second-order valence-corrected chi connectivity index (χ2v) is 8.90. The highest BCUT2D eigenvalue weighted by Crippen LogP contribution is 2.34. The van der Waals surface area contributed by atoms with Gasteiger partial charge in [-0.15, -0.1) is 0 Å². The Bertz CT molecular complexity index is 1690. The van der Waals surface area contributed by atoms with Crippen LogP contribution in [0, 0.1) is 5.82 Å². The monoisotopic (exact) mass is 498 g/mol. The summed E-state index contributed by atoms with van der Waals surface area (Å²) in [6.07, 6.45) is 1.84. The third-order valence-electron chi connectivity index (χ3n) is 6.49. The largest absolute Gasteiger partial charge is 0.488 e. The molecule has 0 saturated carbocycles. The molecule has 0 bridgehead atoms. The topological polar surface area (TPSA) is 41.9 Å². The number of benzene rings is 5. The molecule has 1 amide bonds. The van der Waals surface area contributed by atoms with E-state index in [1.54, 1.807) is 18.2 Å². The number of halogens is 1. The van der Waals surface area contributed by atoms with Crippen molar-refractivity contribution in [1.82, 2.24) is 0 Å². The molecule has 1 heterocycles. The van der Waals surface area contributed by atoms with Crippen LogP contribution in [0.4, 0.5) is 10.1 Å². The highest BCUT2D eigenvalue weighted by Gasteiger charge is 2.32. The first-order valence-electron chi connectivity index (χ1n) is 12.3. The predicted octanol–water partition coefficient (Wildman–Crippen LogP) is 7.39. The van der Waals surface area contributed by atoms with E-state index in [9.17, 15) is 9.18 Å². The number of hydrogen-bond donors (Lipinski definition) is 0. The summed E-state index contributed by atoms with van der Waals surface area (Å²) >= 11 is 0. The Morgan fingerprint density at radius 2 is 1.45 bits per heavy atom. The van der Waals surface area contributed by atoms with E-state index in [0.29, 0.717) is 28.3 Å². The first-order valence-corrected chi connectivity index (χ1v) is 12.3. The van der Waals surface area contributed by atoms with Crippen LogP contribution in [0.2, 0.25) is 0 Å². The fourth-order valence-electron chi connectivity index (χ4n) is 4.56. The fraction of sp³-hybridized carbons (Fsp3) is 0.0303. The molecule has 6 rings (SSSR count). The standard InChI is InChI=1S/C33H23FN2O2/c34-30-18-10-8-14-25(30)22-38-31-20-19-23-11-7-9-17-27(23)28(31)21-29-32(24-12-3-1-4-13-24)35-36(33(29)37)26-15-5-2-6-16-26/h1-21H,22H2/b29-21-. The molecule has 0 N–H and O–H groups in total. The average molecular weight is 499 g/mol. The van der Waals surface area contributed by atoms with Gasteiger partial charge in [0.25, 0.3) is 5.91 Å². The van der Waals surface area contributed by atoms with Crippen molar-refractivity contribution in [1.29, 1.82) is 0 Å². The minimum absolute atomic E-state index is 0.0604. The molecule has 5 aromatic rings. The molecule has 184 valence electrons. The molecule has 0 aromatic heterocycles. The Labute approximate surface area is 219 Å². The van der Waals surface area contributed by atoms with Crippen LogP contribution in [0.3, 0.4) is 0 Å². The zero-order valence-electron chi connectivity index (χ0n) is 20.4.